The van der Waals surface area contributed by atoms with Crippen LogP contribution >= 0.6 is 11.6 Å². The van der Waals surface area contributed by atoms with Crippen LogP contribution in [0, 0.1) is 18.6 Å². The van der Waals surface area contributed by atoms with Gasteiger partial charge in [0.1, 0.15) is 11.6 Å². The van der Waals surface area contributed by atoms with Crippen molar-refractivity contribution >= 4 is 29.2 Å². The zero-order valence-corrected chi connectivity index (χ0v) is 12.8. The lowest BCUT2D eigenvalue weighted by molar-refractivity contribution is -0.119. The smallest absolute Gasteiger partial charge is 0.338 e. The van der Waals surface area contributed by atoms with Gasteiger partial charge in [-0.1, -0.05) is 17.7 Å². The van der Waals surface area contributed by atoms with Crippen molar-refractivity contribution in [2.45, 2.75) is 6.92 Å². The second-order valence-electron chi connectivity index (χ2n) is 4.71. The van der Waals surface area contributed by atoms with Gasteiger partial charge in [0.25, 0.3) is 5.91 Å². The summed E-state index contributed by atoms with van der Waals surface area (Å²) in [6.07, 6.45) is 0. The molecule has 2 aromatic carbocycles. The monoisotopic (exact) mass is 339 g/mol. The fraction of sp³-hybridized carbons (Fsp3) is 0.125. The second kappa shape index (κ2) is 7.19. The molecule has 7 heteroatoms. The molecule has 0 aliphatic rings. The molecule has 120 valence electrons. The summed E-state index contributed by atoms with van der Waals surface area (Å²) in [4.78, 5) is 23.4. The Kier molecular flexibility index (Phi) is 5.28. The molecular weight excluding hydrogens is 328 g/mol. The van der Waals surface area contributed by atoms with E-state index in [0.717, 1.165) is 18.2 Å². The van der Waals surface area contributed by atoms with Crippen molar-refractivity contribution in [3.8, 4) is 0 Å². The molecular formula is C16H12ClF2NO3. The highest BCUT2D eigenvalue weighted by molar-refractivity contribution is 6.33. The molecule has 0 bridgehead atoms. The highest BCUT2D eigenvalue weighted by atomic mass is 35.5. The Morgan fingerprint density at radius 2 is 1.91 bits per heavy atom. The number of ether oxygens (including phenoxy) is 1. The largest absolute Gasteiger partial charge is 0.452 e. The van der Waals surface area contributed by atoms with Crippen LogP contribution in [0.1, 0.15) is 15.9 Å². The number of carbonyl (C=O) groups excluding carboxylic acids is 2. The van der Waals surface area contributed by atoms with Crippen LogP contribution in [0.5, 0.6) is 0 Å². The third-order valence-electron chi connectivity index (χ3n) is 2.95. The van der Waals surface area contributed by atoms with E-state index in [1.165, 1.54) is 18.2 Å². The van der Waals surface area contributed by atoms with E-state index in [1.54, 1.807) is 6.92 Å². The highest BCUT2D eigenvalue weighted by Gasteiger charge is 2.13. The van der Waals surface area contributed by atoms with Crippen LogP contribution in [0.2, 0.25) is 5.02 Å². The minimum Gasteiger partial charge on any atom is -0.452 e. The molecule has 0 atom stereocenters. The van der Waals surface area contributed by atoms with Crippen LogP contribution in [-0.2, 0) is 9.53 Å². The van der Waals surface area contributed by atoms with E-state index in [4.69, 9.17) is 16.3 Å². The van der Waals surface area contributed by atoms with E-state index in [-0.39, 0.29) is 16.3 Å². The number of halogens is 3. The average molecular weight is 340 g/mol. The van der Waals surface area contributed by atoms with Crippen LogP contribution in [0.3, 0.4) is 0 Å². The van der Waals surface area contributed by atoms with E-state index >= 15 is 0 Å². The first-order valence-electron chi connectivity index (χ1n) is 6.55. The highest BCUT2D eigenvalue weighted by Crippen LogP contribution is 2.22. The van der Waals surface area contributed by atoms with Gasteiger partial charge in [-0.15, -0.1) is 0 Å². The van der Waals surface area contributed by atoms with Gasteiger partial charge < -0.3 is 10.1 Å². The number of hydrogen-bond donors (Lipinski definition) is 1. The lowest BCUT2D eigenvalue weighted by Crippen LogP contribution is -2.21. The minimum absolute atomic E-state index is 0.000662. The van der Waals surface area contributed by atoms with Crippen molar-refractivity contribution in [3.05, 3.63) is 64.2 Å². The van der Waals surface area contributed by atoms with Crippen molar-refractivity contribution in [1.29, 1.82) is 0 Å². The standard InChI is InChI=1S/C16H12ClF2NO3/c1-9-2-3-10(6-13(9)19)16(22)23-8-15(21)20-14-5-4-11(18)7-12(14)17/h2-7H,8H2,1H3,(H,20,21). The summed E-state index contributed by atoms with van der Waals surface area (Å²) in [5.74, 6) is -2.56. The van der Waals surface area contributed by atoms with Crippen LogP contribution in [0.15, 0.2) is 36.4 Å². The van der Waals surface area contributed by atoms with Gasteiger partial charge in [-0.2, -0.15) is 0 Å². The van der Waals surface area contributed by atoms with Crippen molar-refractivity contribution in [3.63, 3.8) is 0 Å². The molecule has 4 nitrogen and oxygen atoms in total. The number of esters is 1. The van der Waals surface area contributed by atoms with E-state index in [9.17, 15) is 18.4 Å². The SMILES string of the molecule is Cc1ccc(C(=O)OCC(=O)Nc2ccc(F)cc2Cl)cc1F. The Hall–Kier alpha value is -2.47. The summed E-state index contributed by atoms with van der Waals surface area (Å²) in [6, 6.07) is 7.32. The van der Waals surface area contributed by atoms with Crippen LogP contribution < -0.4 is 5.32 Å². The maximum absolute atomic E-state index is 13.4. The van der Waals surface area contributed by atoms with Gasteiger partial charge in [0, 0.05) is 0 Å². The molecule has 2 aromatic rings. The first-order valence-corrected chi connectivity index (χ1v) is 6.93. The molecule has 0 aromatic heterocycles. The van der Waals surface area contributed by atoms with Gasteiger partial charge in [0.2, 0.25) is 0 Å². The Bertz CT molecular complexity index is 765. The second-order valence-corrected chi connectivity index (χ2v) is 5.12. The van der Waals surface area contributed by atoms with E-state index < -0.39 is 30.1 Å². The summed E-state index contributed by atoms with van der Waals surface area (Å²) >= 11 is 5.76. The van der Waals surface area contributed by atoms with E-state index in [0.29, 0.717) is 5.56 Å². The number of anilines is 1. The van der Waals surface area contributed by atoms with Crippen molar-refractivity contribution in [2.75, 3.05) is 11.9 Å². The topological polar surface area (TPSA) is 55.4 Å². The summed E-state index contributed by atoms with van der Waals surface area (Å²) in [5, 5.41) is 2.39. The predicted molar refractivity (Wildman–Crippen MR) is 81.5 cm³/mol. The van der Waals surface area contributed by atoms with Gasteiger partial charge in [-0.25, -0.2) is 13.6 Å². The van der Waals surface area contributed by atoms with Gasteiger partial charge in [-0.3, -0.25) is 4.79 Å². The normalized spacial score (nSPS) is 10.3. The van der Waals surface area contributed by atoms with Gasteiger partial charge >= 0.3 is 5.97 Å². The molecule has 0 heterocycles. The molecule has 0 unspecified atom stereocenters. The zero-order valence-electron chi connectivity index (χ0n) is 12.0. The number of nitrogens with one attached hydrogen (secondary N) is 1. The Morgan fingerprint density at radius 1 is 1.17 bits per heavy atom. The molecule has 0 saturated carbocycles. The maximum Gasteiger partial charge on any atom is 0.338 e. The van der Waals surface area contributed by atoms with E-state index in [2.05, 4.69) is 5.32 Å². The predicted octanol–water partition coefficient (Wildman–Crippen LogP) is 3.72. The first kappa shape index (κ1) is 16.9. The van der Waals surface area contributed by atoms with Gasteiger partial charge in [-0.05, 0) is 42.8 Å². The first-order chi connectivity index (χ1) is 10.9. The molecule has 2 rings (SSSR count). The molecule has 23 heavy (non-hydrogen) atoms. The number of carbonyl (C=O) groups is 2. The Balaban J connectivity index is 1.93. The Morgan fingerprint density at radius 3 is 2.57 bits per heavy atom. The lowest BCUT2D eigenvalue weighted by Gasteiger charge is -2.08. The maximum atomic E-state index is 13.4. The number of hydrogen-bond acceptors (Lipinski definition) is 3. The zero-order chi connectivity index (χ0) is 17.0. The summed E-state index contributed by atoms with van der Waals surface area (Å²) < 4.78 is 31.0. The Labute approximate surface area is 136 Å². The third kappa shape index (κ3) is 4.50. The number of aryl methyl sites for hydroxylation is 1. The molecule has 1 amide bonds. The molecule has 0 aliphatic heterocycles. The molecule has 0 fully saturated rings. The van der Waals surface area contributed by atoms with Crippen molar-refractivity contribution in [2.24, 2.45) is 0 Å². The molecule has 0 radical (unpaired) electrons. The number of benzene rings is 2. The summed E-state index contributed by atoms with van der Waals surface area (Å²) in [7, 11) is 0. The van der Waals surface area contributed by atoms with Crippen LogP contribution in [-0.4, -0.2) is 18.5 Å². The third-order valence-corrected chi connectivity index (χ3v) is 3.26. The fourth-order valence-electron chi connectivity index (χ4n) is 1.71. The minimum atomic E-state index is -0.829. The van der Waals surface area contributed by atoms with Gasteiger partial charge in [0.05, 0.1) is 16.3 Å². The summed E-state index contributed by atoms with van der Waals surface area (Å²) in [6.45, 7) is 0.979. The quantitative estimate of drug-likeness (QED) is 0.864. The molecule has 0 aliphatic carbocycles. The lowest BCUT2D eigenvalue weighted by atomic mass is 10.1. The molecule has 1 N–H and O–H groups in total. The van der Waals surface area contributed by atoms with Crippen molar-refractivity contribution < 1.29 is 23.1 Å². The van der Waals surface area contributed by atoms with Crippen LogP contribution in [0.25, 0.3) is 0 Å². The van der Waals surface area contributed by atoms with Crippen molar-refractivity contribution in [1.82, 2.24) is 0 Å². The van der Waals surface area contributed by atoms with Crippen LogP contribution in [0.4, 0.5) is 14.5 Å². The average Bonchev–Trinajstić information content (AvgIpc) is 2.50. The number of amides is 1. The molecule has 0 saturated heterocycles. The summed E-state index contributed by atoms with van der Waals surface area (Å²) in [5.41, 5.74) is 0.585. The molecule has 0 spiro atoms. The van der Waals surface area contributed by atoms with Gasteiger partial charge in [0.15, 0.2) is 6.61 Å². The van der Waals surface area contributed by atoms with E-state index in [1.807, 2.05) is 0 Å². The fourth-order valence-corrected chi connectivity index (χ4v) is 1.93. The number of rotatable bonds is 4.